The fourth-order valence-electron chi connectivity index (χ4n) is 3.02. The zero-order valence-electron chi connectivity index (χ0n) is 18.0. The van der Waals surface area contributed by atoms with Gasteiger partial charge >= 0.3 is 5.97 Å². The van der Waals surface area contributed by atoms with Crippen molar-refractivity contribution in [2.24, 2.45) is 0 Å². The van der Waals surface area contributed by atoms with E-state index in [1.54, 1.807) is 50.4 Å². The minimum atomic E-state index is -1.03. The lowest BCUT2D eigenvalue weighted by Crippen LogP contribution is -2.30. The summed E-state index contributed by atoms with van der Waals surface area (Å²) in [6, 6.07) is 12.0. The molecule has 1 aromatic heterocycles. The molecule has 0 radical (unpaired) electrons. The number of nitrogens with zero attached hydrogens (tertiary/aromatic N) is 1. The highest BCUT2D eigenvalue weighted by Gasteiger charge is 2.21. The largest absolute Gasteiger partial charge is 0.497 e. The summed E-state index contributed by atoms with van der Waals surface area (Å²) in [5.41, 5.74) is 2.01. The molecule has 0 aliphatic carbocycles. The average molecular weight is 424 g/mol. The SMILES string of the molecule is COc1ccc2nc(C)c(C(=O)O[C@@H](C)C(=O)Nc3ccc(OC)c(OC)c3)cc2c1. The van der Waals surface area contributed by atoms with Crippen LogP contribution in [0.3, 0.4) is 0 Å². The lowest BCUT2D eigenvalue weighted by atomic mass is 10.1. The molecule has 1 amide bonds. The molecule has 0 saturated carbocycles. The summed E-state index contributed by atoms with van der Waals surface area (Å²) in [5, 5.41) is 3.44. The summed E-state index contributed by atoms with van der Waals surface area (Å²) >= 11 is 0. The van der Waals surface area contributed by atoms with Crippen molar-refractivity contribution >= 4 is 28.5 Å². The van der Waals surface area contributed by atoms with E-state index in [1.165, 1.54) is 21.1 Å². The number of aromatic nitrogens is 1. The maximum atomic E-state index is 12.7. The molecule has 162 valence electrons. The van der Waals surface area contributed by atoms with Crippen molar-refractivity contribution in [1.82, 2.24) is 4.98 Å². The van der Waals surface area contributed by atoms with Crippen molar-refractivity contribution in [3.63, 3.8) is 0 Å². The summed E-state index contributed by atoms with van der Waals surface area (Å²) in [4.78, 5) is 29.7. The second-order valence-electron chi connectivity index (χ2n) is 6.79. The first-order chi connectivity index (χ1) is 14.9. The number of aryl methyl sites for hydroxylation is 1. The number of benzene rings is 2. The third-order valence-electron chi connectivity index (χ3n) is 4.74. The van der Waals surface area contributed by atoms with E-state index >= 15 is 0 Å². The molecular formula is C23H24N2O6. The van der Waals surface area contributed by atoms with Gasteiger partial charge in [-0.3, -0.25) is 9.78 Å². The third-order valence-corrected chi connectivity index (χ3v) is 4.74. The molecule has 0 aliphatic heterocycles. The molecule has 0 fully saturated rings. The highest BCUT2D eigenvalue weighted by Crippen LogP contribution is 2.30. The number of fused-ring (bicyclic) bond motifs is 1. The Hall–Kier alpha value is -3.81. The first kappa shape index (κ1) is 21.9. The standard InChI is InChI=1S/C23H24N2O6/c1-13-18(11-15-10-17(28-3)7-8-19(15)24-13)23(27)31-14(2)22(26)25-16-6-9-20(29-4)21(12-16)30-5/h6-12,14H,1-5H3,(H,25,26)/t14-/m0/s1. The number of carbonyl (C=O) groups excluding carboxylic acids is 2. The van der Waals surface area contributed by atoms with E-state index in [2.05, 4.69) is 10.3 Å². The van der Waals surface area contributed by atoms with Crippen molar-refractivity contribution < 1.29 is 28.5 Å². The van der Waals surface area contributed by atoms with E-state index in [9.17, 15) is 9.59 Å². The Morgan fingerprint density at radius 3 is 2.35 bits per heavy atom. The van der Waals surface area contributed by atoms with Crippen LogP contribution in [0.1, 0.15) is 23.0 Å². The highest BCUT2D eigenvalue weighted by atomic mass is 16.5. The maximum Gasteiger partial charge on any atom is 0.340 e. The number of carbonyl (C=O) groups is 2. The van der Waals surface area contributed by atoms with Crippen molar-refractivity contribution in [2.75, 3.05) is 26.6 Å². The Bertz CT molecular complexity index is 1130. The van der Waals surface area contributed by atoms with Gasteiger partial charge in [0.1, 0.15) is 5.75 Å². The van der Waals surface area contributed by atoms with Crippen molar-refractivity contribution in [3.05, 3.63) is 53.7 Å². The van der Waals surface area contributed by atoms with E-state index in [-0.39, 0.29) is 5.56 Å². The van der Waals surface area contributed by atoms with Gasteiger partial charge in [0.25, 0.3) is 5.91 Å². The molecule has 1 heterocycles. The molecule has 0 saturated heterocycles. The first-order valence-electron chi connectivity index (χ1n) is 9.55. The zero-order valence-corrected chi connectivity index (χ0v) is 18.0. The van der Waals surface area contributed by atoms with Gasteiger partial charge in [-0.05, 0) is 50.2 Å². The number of rotatable bonds is 7. The van der Waals surface area contributed by atoms with Gasteiger partial charge in [0.05, 0.1) is 38.1 Å². The van der Waals surface area contributed by atoms with Gasteiger partial charge < -0.3 is 24.3 Å². The average Bonchev–Trinajstić information content (AvgIpc) is 2.77. The Morgan fingerprint density at radius 2 is 1.68 bits per heavy atom. The van der Waals surface area contributed by atoms with Gasteiger partial charge in [-0.2, -0.15) is 0 Å². The molecule has 0 aliphatic rings. The van der Waals surface area contributed by atoms with Crippen LogP contribution in [0.15, 0.2) is 42.5 Å². The van der Waals surface area contributed by atoms with Crippen LogP contribution in [-0.4, -0.2) is 44.3 Å². The van der Waals surface area contributed by atoms with Crippen LogP contribution < -0.4 is 19.5 Å². The predicted molar refractivity (Wildman–Crippen MR) is 116 cm³/mol. The normalized spacial score (nSPS) is 11.5. The molecule has 0 bridgehead atoms. The van der Waals surface area contributed by atoms with Gasteiger partial charge in [0.15, 0.2) is 17.6 Å². The topological polar surface area (TPSA) is 96.0 Å². The van der Waals surface area contributed by atoms with Crippen LogP contribution in [0.5, 0.6) is 17.2 Å². The molecule has 3 aromatic rings. The summed E-state index contributed by atoms with van der Waals surface area (Å²) in [6.07, 6.45) is -1.03. The summed E-state index contributed by atoms with van der Waals surface area (Å²) in [6.45, 7) is 3.22. The van der Waals surface area contributed by atoms with Crippen LogP contribution in [0, 0.1) is 6.92 Å². The molecule has 8 nitrogen and oxygen atoms in total. The number of amides is 1. The molecular weight excluding hydrogens is 400 g/mol. The minimum Gasteiger partial charge on any atom is -0.497 e. The number of ether oxygens (including phenoxy) is 4. The number of hydrogen-bond donors (Lipinski definition) is 1. The summed E-state index contributed by atoms with van der Waals surface area (Å²) in [5.74, 6) is 0.549. The van der Waals surface area contributed by atoms with Crippen LogP contribution in [0.25, 0.3) is 10.9 Å². The Balaban J connectivity index is 1.74. The molecule has 0 spiro atoms. The van der Waals surface area contributed by atoms with E-state index < -0.39 is 18.0 Å². The van der Waals surface area contributed by atoms with Crippen LogP contribution >= 0.6 is 0 Å². The number of methoxy groups -OCH3 is 3. The van der Waals surface area contributed by atoms with Gasteiger partial charge in [0.2, 0.25) is 0 Å². The second-order valence-corrected chi connectivity index (χ2v) is 6.79. The zero-order chi connectivity index (χ0) is 22.5. The molecule has 31 heavy (non-hydrogen) atoms. The molecule has 3 rings (SSSR count). The molecule has 0 unspecified atom stereocenters. The van der Waals surface area contributed by atoms with Gasteiger partial charge in [-0.1, -0.05) is 0 Å². The van der Waals surface area contributed by atoms with Crippen molar-refractivity contribution in [1.29, 1.82) is 0 Å². The first-order valence-corrected chi connectivity index (χ1v) is 9.55. The number of hydrogen-bond acceptors (Lipinski definition) is 7. The van der Waals surface area contributed by atoms with Gasteiger partial charge in [0, 0.05) is 17.1 Å². The second kappa shape index (κ2) is 9.34. The lowest BCUT2D eigenvalue weighted by Gasteiger charge is -2.15. The summed E-state index contributed by atoms with van der Waals surface area (Å²) in [7, 11) is 4.59. The minimum absolute atomic E-state index is 0.284. The van der Waals surface area contributed by atoms with Crippen LogP contribution in [0.4, 0.5) is 5.69 Å². The molecule has 2 aromatic carbocycles. The Labute approximate surface area is 180 Å². The van der Waals surface area contributed by atoms with E-state index in [1.807, 2.05) is 6.07 Å². The molecule has 8 heteroatoms. The quantitative estimate of drug-likeness (QED) is 0.577. The van der Waals surface area contributed by atoms with E-state index in [4.69, 9.17) is 18.9 Å². The Morgan fingerprint density at radius 1 is 0.935 bits per heavy atom. The number of nitrogens with one attached hydrogen (secondary N) is 1. The fourth-order valence-corrected chi connectivity index (χ4v) is 3.02. The molecule has 1 N–H and O–H groups in total. The smallest absolute Gasteiger partial charge is 0.340 e. The van der Waals surface area contributed by atoms with Crippen LogP contribution in [-0.2, 0) is 9.53 Å². The van der Waals surface area contributed by atoms with Gasteiger partial charge in [-0.15, -0.1) is 0 Å². The van der Waals surface area contributed by atoms with E-state index in [0.717, 1.165) is 10.9 Å². The van der Waals surface area contributed by atoms with Crippen LogP contribution in [0.2, 0.25) is 0 Å². The number of pyridine rings is 1. The lowest BCUT2D eigenvalue weighted by molar-refractivity contribution is -0.123. The fraction of sp³-hybridized carbons (Fsp3) is 0.261. The van der Waals surface area contributed by atoms with Crippen molar-refractivity contribution in [3.8, 4) is 17.2 Å². The predicted octanol–water partition coefficient (Wildman–Crippen LogP) is 3.75. The third kappa shape index (κ3) is 4.85. The highest BCUT2D eigenvalue weighted by molar-refractivity contribution is 5.99. The monoisotopic (exact) mass is 424 g/mol. The number of esters is 1. The van der Waals surface area contributed by atoms with Gasteiger partial charge in [-0.25, -0.2) is 4.79 Å². The molecule has 1 atom stereocenters. The number of anilines is 1. The Kier molecular flexibility index (Phi) is 6.59. The maximum absolute atomic E-state index is 12.7. The van der Waals surface area contributed by atoms with Crippen molar-refractivity contribution in [2.45, 2.75) is 20.0 Å². The van der Waals surface area contributed by atoms with E-state index in [0.29, 0.717) is 28.6 Å². The summed E-state index contributed by atoms with van der Waals surface area (Å²) < 4.78 is 21.0.